The molecule has 3 rings (SSSR count). The molecule has 0 amide bonds. The number of hydrogen-bond donors (Lipinski definition) is 1. The third kappa shape index (κ3) is 3.80. The molecule has 1 aliphatic rings. The zero-order valence-electron chi connectivity index (χ0n) is 14.6. The topological polar surface area (TPSA) is 71.8 Å². The van der Waals surface area contributed by atoms with Gasteiger partial charge in [-0.2, -0.15) is 4.98 Å². The number of nitrogens with zero attached hydrogens (tertiary/aromatic N) is 6. The second-order valence-corrected chi connectivity index (χ2v) is 6.84. The van der Waals surface area contributed by atoms with Crippen molar-refractivity contribution in [1.29, 1.82) is 0 Å². The van der Waals surface area contributed by atoms with Gasteiger partial charge in [0.15, 0.2) is 5.16 Å². The summed E-state index contributed by atoms with van der Waals surface area (Å²) < 4.78 is 2.11. The fraction of sp³-hybridized carbons (Fsp3) is 0.625. The first kappa shape index (κ1) is 17.0. The van der Waals surface area contributed by atoms with Gasteiger partial charge in [0.2, 0.25) is 5.95 Å². The van der Waals surface area contributed by atoms with Gasteiger partial charge in [0.1, 0.15) is 11.6 Å². The summed E-state index contributed by atoms with van der Waals surface area (Å²) in [6.07, 6.45) is 7.13. The standard InChI is InChI=1S/C16H25N7S/c1-4-17-13-5-8-18-15(19-13)23-9-6-12(7-10-23)11-14-20-21-16(24-3)22(14)2/h5,8,12H,4,6-7,9-11H2,1-3H3,(H,17,18,19). The van der Waals surface area contributed by atoms with E-state index in [0.717, 1.165) is 61.6 Å². The highest BCUT2D eigenvalue weighted by molar-refractivity contribution is 7.98. The predicted molar refractivity (Wildman–Crippen MR) is 97.6 cm³/mol. The van der Waals surface area contributed by atoms with Crippen LogP contribution in [0.4, 0.5) is 11.8 Å². The number of nitrogens with one attached hydrogen (secondary N) is 1. The van der Waals surface area contributed by atoms with E-state index < -0.39 is 0 Å². The Labute approximate surface area is 147 Å². The molecule has 0 bridgehead atoms. The van der Waals surface area contributed by atoms with Crippen LogP contribution in [0, 0.1) is 5.92 Å². The zero-order chi connectivity index (χ0) is 16.9. The highest BCUT2D eigenvalue weighted by atomic mass is 32.2. The van der Waals surface area contributed by atoms with E-state index in [9.17, 15) is 0 Å². The fourth-order valence-electron chi connectivity index (χ4n) is 3.08. The van der Waals surface area contributed by atoms with Crippen molar-refractivity contribution in [3.8, 4) is 0 Å². The molecule has 130 valence electrons. The lowest BCUT2D eigenvalue weighted by molar-refractivity contribution is 0.389. The Morgan fingerprint density at radius 1 is 1.29 bits per heavy atom. The summed E-state index contributed by atoms with van der Waals surface area (Å²) >= 11 is 1.64. The molecule has 7 nitrogen and oxygen atoms in total. The second-order valence-electron chi connectivity index (χ2n) is 6.07. The van der Waals surface area contributed by atoms with Crippen LogP contribution in [-0.2, 0) is 13.5 Å². The monoisotopic (exact) mass is 347 g/mol. The minimum absolute atomic E-state index is 0.649. The third-order valence-electron chi connectivity index (χ3n) is 4.48. The van der Waals surface area contributed by atoms with Crippen molar-refractivity contribution in [2.45, 2.75) is 31.3 Å². The van der Waals surface area contributed by atoms with Crippen LogP contribution in [0.5, 0.6) is 0 Å². The van der Waals surface area contributed by atoms with Gasteiger partial charge in [0.05, 0.1) is 0 Å². The van der Waals surface area contributed by atoms with Gasteiger partial charge in [0, 0.05) is 39.3 Å². The average Bonchev–Trinajstić information content (AvgIpc) is 2.96. The van der Waals surface area contributed by atoms with E-state index in [1.807, 2.05) is 18.5 Å². The molecule has 1 N–H and O–H groups in total. The SMILES string of the molecule is CCNc1ccnc(N2CCC(Cc3nnc(SC)n3C)CC2)n1. The molecule has 0 aliphatic carbocycles. The maximum Gasteiger partial charge on any atom is 0.227 e. The number of anilines is 2. The van der Waals surface area contributed by atoms with E-state index in [-0.39, 0.29) is 0 Å². The quantitative estimate of drug-likeness (QED) is 0.803. The molecule has 24 heavy (non-hydrogen) atoms. The minimum Gasteiger partial charge on any atom is -0.370 e. The Bertz CT molecular complexity index is 664. The predicted octanol–water partition coefficient (Wildman–Crippen LogP) is 2.22. The number of aromatic nitrogens is 5. The Morgan fingerprint density at radius 3 is 2.75 bits per heavy atom. The summed E-state index contributed by atoms with van der Waals surface area (Å²) in [5.74, 6) is 3.46. The van der Waals surface area contributed by atoms with Crippen LogP contribution in [0.1, 0.15) is 25.6 Å². The summed E-state index contributed by atoms with van der Waals surface area (Å²) in [5.41, 5.74) is 0. The van der Waals surface area contributed by atoms with Crippen LogP contribution in [0.15, 0.2) is 17.4 Å². The molecule has 0 unspecified atom stereocenters. The van der Waals surface area contributed by atoms with Crippen molar-refractivity contribution in [3.63, 3.8) is 0 Å². The van der Waals surface area contributed by atoms with E-state index in [1.54, 1.807) is 11.8 Å². The first-order valence-corrected chi connectivity index (χ1v) is 9.67. The van der Waals surface area contributed by atoms with Crippen molar-refractivity contribution in [3.05, 3.63) is 18.1 Å². The van der Waals surface area contributed by atoms with Crippen molar-refractivity contribution in [2.75, 3.05) is 36.1 Å². The number of thioether (sulfide) groups is 1. The lowest BCUT2D eigenvalue weighted by atomic mass is 9.93. The van der Waals surface area contributed by atoms with Crippen molar-refractivity contribution >= 4 is 23.5 Å². The Morgan fingerprint density at radius 2 is 2.08 bits per heavy atom. The lowest BCUT2D eigenvalue weighted by Crippen LogP contribution is -2.35. The van der Waals surface area contributed by atoms with E-state index in [2.05, 4.69) is 48.9 Å². The van der Waals surface area contributed by atoms with Crippen molar-refractivity contribution in [2.24, 2.45) is 13.0 Å². The van der Waals surface area contributed by atoms with Crippen LogP contribution in [0.3, 0.4) is 0 Å². The molecule has 0 aromatic carbocycles. The zero-order valence-corrected chi connectivity index (χ0v) is 15.4. The summed E-state index contributed by atoms with van der Waals surface area (Å²) in [6, 6.07) is 1.91. The maximum absolute atomic E-state index is 4.60. The van der Waals surface area contributed by atoms with Gasteiger partial charge in [-0.15, -0.1) is 10.2 Å². The fourth-order valence-corrected chi connectivity index (χ4v) is 3.58. The highest BCUT2D eigenvalue weighted by Gasteiger charge is 2.23. The second kappa shape index (κ2) is 7.83. The first-order chi connectivity index (χ1) is 11.7. The summed E-state index contributed by atoms with van der Waals surface area (Å²) in [6.45, 7) is 4.93. The molecule has 1 fully saturated rings. The van der Waals surface area contributed by atoms with Gasteiger partial charge in [-0.3, -0.25) is 0 Å². The van der Waals surface area contributed by atoms with Gasteiger partial charge >= 0.3 is 0 Å². The minimum atomic E-state index is 0.649. The Hall–Kier alpha value is -1.83. The number of rotatable bonds is 6. The van der Waals surface area contributed by atoms with Crippen LogP contribution in [-0.4, -0.2) is 50.6 Å². The molecule has 0 atom stereocenters. The Kier molecular flexibility index (Phi) is 5.55. The maximum atomic E-state index is 4.60. The third-order valence-corrected chi connectivity index (χ3v) is 5.20. The molecular formula is C16H25N7S. The molecule has 0 radical (unpaired) electrons. The van der Waals surface area contributed by atoms with Crippen molar-refractivity contribution in [1.82, 2.24) is 24.7 Å². The van der Waals surface area contributed by atoms with Crippen LogP contribution < -0.4 is 10.2 Å². The first-order valence-electron chi connectivity index (χ1n) is 8.45. The summed E-state index contributed by atoms with van der Waals surface area (Å²) in [5, 5.41) is 12.8. The van der Waals surface area contributed by atoms with Crippen LogP contribution >= 0.6 is 11.8 Å². The number of piperidine rings is 1. The Balaban J connectivity index is 1.57. The van der Waals surface area contributed by atoms with E-state index in [0.29, 0.717) is 5.92 Å². The van der Waals surface area contributed by atoms with Gasteiger partial charge in [-0.25, -0.2) is 4.98 Å². The van der Waals surface area contributed by atoms with Gasteiger partial charge < -0.3 is 14.8 Å². The molecule has 8 heteroatoms. The molecule has 0 saturated carbocycles. The average molecular weight is 347 g/mol. The van der Waals surface area contributed by atoms with Crippen LogP contribution in [0.25, 0.3) is 0 Å². The van der Waals surface area contributed by atoms with Gasteiger partial charge in [0.25, 0.3) is 0 Å². The number of hydrogen-bond acceptors (Lipinski definition) is 7. The normalized spacial score (nSPS) is 15.7. The molecular weight excluding hydrogens is 322 g/mol. The largest absolute Gasteiger partial charge is 0.370 e. The summed E-state index contributed by atoms with van der Waals surface area (Å²) in [7, 11) is 2.05. The smallest absolute Gasteiger partial charge is 0.227 e. The van der Waals surface area contributed by atoms with E-state index in [1.165, 1.54) is 0 Å². The molecule has 2 aromatic rings. The lowest BCUT2D eigenvalue weighted by Gasteiger charge is -2.31. The summed E-state index contributed by atoms with van der Waals surface area (Å²) in [4.78, 5) is 11.3. The van der Waals surface area contributed by atoms with Gasteiger partial charge in [-0.1, -0.05) is 11.8 Å². The molecule has 0 spiro atoms. The highest BCUT2D eigenvalue weighted by Crippen LogP contribution is 2.24. The molecule has 3 heterocycles. The molecule has 1 aliphatic heterocycles. The van der Waals surface area contributed by atoms with E-state index in [4.69, 9.17) is 0 Å². The molecule has 1 saturated heterocycles. The van der Waals surface area contributed by atoms with Crippen molar-refractivity contribution < 1.29 is 0 Å². The molecule has 2 aromatic heterocycles. The van der Waals surface area contributed by atoms with Gasteiger partial charge in [-0.05, 0) is 38.0 Å². The van der Waals surface area contributed by atoms with Crippen LogP contribution in [0.2, 0.25) is 0 Å². The van der Waals surface area contributed by atoms with E-state index >= 15 is 0 Å².